The minimum Gasteiger partial charge on any atom is -0.476 e. The smallest absolute Gasteiger partial charge is 0.356 e. The van der Waals surface area contributed by atoms with Gasteiger partial charge in [0.25, 0.3) is 0 Å². The highest BCUT2D eigenvalue weighted by molar-refractivity contribution is 7.89. The minimum atomic E-state index is -3.24. The van der Waals surface area contributed by atoms with Crippen molar-refractivity contribution < 1.29 is 18.3 Å². The van der Waals surface area contributed by atoms with Crippen LogP contribution in [0.15, 0.2) is 6.33 Å². The van der Waals surface area contributed by atoms with E-state index in [2.05, 4.69) is 9.97 Å². The lowest BCUT2D eigenvalue weighted by Gasteiger charge is -1.95. The molecule has 0 aliphatic heterocycles. The van der Waals surface area contributed by atoms with Gasteiger partial charge in [0, 0.05) is 6.26 Å². The second kappa shape index (κ2) is 3.17. The summed E-state index contributed by atoms with van der Waals surface area (Å²) in [4.78, 5) is 16.4. The van der Waals surface area contributed by atoms with E-state index in [1.807, 2.05) is 0 Å². The molecular formula is C6H8N2O4S. The van der Waals surface area contributed by atoms with E-state index in [1.54, 1.807) is 0 Å². The molecule has 2 N–H and O–H groups in total. The molecule has 0 spiro atoms. The Morgan fingerprint density at radius 1 is 1.69 bits per heavy atom. The van der Waals surface area contributed by atoms with Crippen molar-refractivity contribution in [2.24, 2.45) is 0 Å². The predicted octanol–water partition coefficient (Wildman–Crippen LogP) is -0.347. The van der Waals surface area contributed by atoms with Crippen LogP contribution in [0.3, 0.4) is 0 Å². The molecule has 0 fully saturated rings. The standard InChI is InChI=1S/C6H8N2O4S/c1-13(11,12)2-4-5(6(9)10)8-3-7-4/h3H,2H2,1H3,(H,7,8)(H,9,10). The Balaban J connectivity index is 3.02. The van der Waals surface area contributed by atoms with Crippen LogP contribution < -0.4 is 0 Å². The van der Waals surface area contributed by atoms with Gasteiger partial charge < -0.3 is 10.1 Å². The summed E-state index contributed by atoms with van der Waals surface area (Å²) < 4.78 is 21.7. The van der Waals surface area contributed by atoms with E-state index in [1.165, 1.54) is 0 Å². The normalized spacial score (nSPS) is 11.5. The molecule has 1 rings (SSSR count). The maximum Gasteiger partial charge on any atom is 0.356 e. The third-order valence-electron chi connectivity index (χ3n) is 1.33. The van der Waals surface area contributed by atoms with E-state index >= 15 is 0 Å². The average molecular weight is 204 g/mol. The predicted molar refractivity (Wildman–Crippen MR) is 44.1 cm³/mol. The van der Waals surface area contributed by atoms with Crippen LogP contribution in [0.1, 0.15) is 16.2 Å². The van der Waals surface area contributed by atoms with Crippen LogP contribution in [0.4, 0.5) is 0 Å². The van der Waals surface area contributed by atoms with Gasteiger partial charge in [-0.3, -0.25) is 0 Å². The number of aromatic nitrogens is 2. The van der Waals surface area contributed by atoms with Gasteiger partial charge in [-0.2, -0.15) is 0 Å². The molecule has 1 aromatic heterocycles. The Kier molecular flexibility index (Phi) is 2.37. The van der Waals surface area contributed by atoms with Gasteiger partial charge in [0.2, 0.25) is 0 Å². The first-order chi connectivity index (χ1) is 5.90. The second-order valence-corrected chi connectivity index (χ2v) is 4.75. The molecule has 13 heavy (non-hydrogen) atoms. The molecule has 7 heteroatoms. The van der Waals surface area contributed by atoms with Gasteiger partial charge in [-0.25, -0.2) is 18.2 Å². The number of carboxylic acid groups (broad SMARTS) is 1. The van der Waals surface area contributed by atoms with Crippen molar-refractivity contribution in [3.63, 3.8) is 0 Å². The van der Waals surface area contributed by atoms with Crippen molar-refractivity contribution in [2.45, 2.75) is 5.75 Å². The van der Waals surface area contributed by atoms with Crippen molar-refractivity contribution in [1.29, 1.82) is 0 Å². The Hall–Kier alpha value is -1.37. The number of sulfone groups is 1. The van der Waals surface area contributed by atoms with Gasteiger partial charge in [-0.15, -0.1) is 0 Å². The Labute approximate surface area is 74.5 Å². The maximum atomic E-state index is 10.8. The fourth-order valence-corrected chi connectivity index (χ4v) is 1.62. The van der Waals surface area contributed by atoms with Crippen molar-refractivity contribution in [1.82, 2.24) is 9.97 Å². The first-order valence-electron chi connectivity index (χ1n) is 3.33. The zero-order valence-corrected chi connectivity index (χ0v) is 7.63. The fraction of sp³-hybridized carbons (Fsp3) is 0.333. The summed E-state index contributed by atoms with van der Waals surface area (Å²) in [6.45, 7) is 0. The van der Waals surface area contributed by atoms with Crippen molar-refractivity contribution in [2.75, 3.05) is 6.26 Å². The molecule has 0 amide bonds. The molecule has 72 valence electrons. The quantitative estimate of drug-likeness (QED) is 0.701. The molecule has 1 aromatic rings. The van der Waals surface area contributed by atoms with Crippen LogP contribution in [-0.2, 0) is 15.6 Å². The molecule has 0 saturated heterocycles. The van der Waals surface area contributed by atoms with Gasteiger partial charge in [0.1, 0.15) is 0 Å². The highest BCUT2D eigenvalue weighted by Gasteiger charge is 2.16. The maximum absolute atomic E-state index is 10.8. The van der Waals surface area contributed by atoms with E-state index in [4.69, 9.17) is 5.11 Å². The number of H-pyrrole nitrogens is 1. The molecule has 0 atom stereocenters. The SMILES string of the molecule is CS(=O)(=O)Cc1[nH]cnc1C(=O)O. The summed E-state index contributed by atoms with van der Waals surface area (Å²) in [5.74, 6) is -1.57. The molecule has 6 nitrogen and oxygen atoms in total. The summed E-state index contributed by atoms with van der Waals surface area (Å²) in [7, 11) is -3.24. The summed E-state index contributed by atoms with van der Waals surface area (Å²) in [5.41, 5.74) is -0.138. The van der Waals surface area contributed by atoms with Crippen molar-refractivity contribution in [3.05, 3.63) is 17.7 Å². The largest absolute Gasteiger partial charge is 0.476 e. The van der Waals surface area contributed by atoms with Crippen LogP contribution in [-0.4, -0.2) is 35.7 Å². The summed E-state index contributed by atoms with van der Waals surface area (Å²) >= 11 is 0. The topological polar surface area (TPSA) is 100 Å². The number of imidazole rings is 1. The van der Waals surface area contributed by atoms with E-state index < -0.39 is 15.8 Å². The number of hydrogen-bond donors (Lipinski definition) is 2. The number of carbonyl (C=O) groups is 1. The monoisotopic (exact) mass is 204 g/mol. The van der Waals surface area contributed by atoms with Crippen molar-refractivity contribution in [3.8, 4) is 0 Å². The summed E-state index contributed by atoms with van der Waals surface area (Å²) in [6, 6.07) is 0. The number of nitrogens with zero attached hydrogens (tertiary/aromatic N) is 1. The number of nitrogens with one attached hydrogen (secondary N) is 1. The Morgan fingerprint density at radius 2 is 2.31 bits per heavy atom. The number of carboxylic acids is 1. The number of rotatable bonds is 3. The first-order valence-corrected chi connectivity index (χ1v) is 5.39. The summed E-state index contributed by atoms with van der Waals surface area (Å²) in [6.07, 6.45) is 2.18. The molecule has 0 aliphatic carbocycles. The van der Waals surface area contributed by atoms with Gasteiger partial charge in [-0.1, -0.05) is 0 Å². The number of aromatic carboxylic acids is 1. The lowest BCUT2D eigenvalue weighted by Crippen LogP contribution is -2.07. The molecule has 0 bridgehead atoms. The zero-order valence-electron chi connectivity index (χ0n) is 6.81. The van der Waals surface area contributed by atoms with E-state index in [0.29, 0.717) is 0 Å². The molecule has 0 aromatic carbocycles. The first kappa shape index (κ1) is 9.72. The highest BCUT2D eigenvalue weighted by atomic mass is 32.2. The second-order valence-electron chi connectivity index (χ2n) is 2.60. The number of aromatic amines is 1. The fourth-order valence-electron chi connectivity index (χ4n) is 0.878. The Bertz CT molecular complexity index is 420. The minimum absolute atomic E-state index is 0.106. The molecule has 1 heterocycles. The molecule has 0 unspecified atom stereocenters. The van der Waals surface area contributed by atoms with Crippen LogP contribution in [0.2, 0.25) is 0 Å². The van der Waals surface area contributed by atoms with E-state index in [-0.39, 0.29) is 17.1 Å². The molecule has 0 radical (unpaired) electrons. The molecule has 0 aliphatic rings. The number of hydrogen-bond acceptors (Lipinski definition) is 4. The third-order valence-corrected chi connectivity index (χ3v) is 2.14. The van der Waals surface area contributed by atoms with Gasteiger partial charge in [0.15, 0.2) is 15.5 Å². The van der Waals surface area contributed by atoms with E-state index in [9.17, 15) is 13.2 Å². The zero-order chi connectivity index (χ0) is 10.1. The van der Waals surface area contributed by atoms with Gasteiger partial charge >= 0.3 is 5.97 Å². The highest BCUT2D eigenvalue weighted by Crippen LogP contribution is 2.06. The third kappa shape index (κ3) is 2.55. The summed E-state index contributed by atoms with van der Waals surface area (Å²) in [5, 5.41) is 8.57. The van der Waals surface area contributed by atoms with Crippen LogP contribution in [0, 0.1) is 0 Å². The lowest BCUT2D eigenvalue weighted by molar-refractivity contribution is 0.0690. The van der Waals surface area contributed by atoms with Crippen LogP contribution in [0.25, 0.3) is 0 Å². The van der Waals surface area contributed by atoms with Crippen molar-refractivity contribution >= 4 is 15.8 Å². The Morgan fingerprint density at radius 3 is 2.77 bits per heavy atom. The van der Waals surface area contributed by atoms with E-state index in [0.717, 1.165) is 12.6 Å². The molecule has 0 saturated carbocycles. The molecular weight excluding hydrogens is 196 g/mol. The van der Waals surface area contributed by atoms with Gasteiger partial charge in [-0.05, 0) is 0 Å². The van der Waals surface area contributed by atoms with Gasteiger partial charge in [0.05, 0.1) is 17.8 Å². The average Bonchev–Trinajstić information content (AvgIpc) is 2.31. The van der Waals surface area contributed by atoms with Crippen LogP contribution in [0.5, 0.6) is 0 Å². The lowest BCUT2D eigenvalue weighted by atomic mass is 10.3. The van der Waals surface area contributed by atoms with Crippen LogP contribution >= 0.6 is 0 Å².